The van der Waals surface area contributed by atoms with Crippen LogP contribution < -0.4 is 0 Å². The Morgan fingerprint density at radius 1 is 1.19 bits per heavy atom. The molecule has 2 atom stereocenters. The maximum absolute atomic E-state index is 11.1. The molecule has 1 N–H and O–H groups in total. The number of carbonyl (C=O) groups excluding carboxylic acids is 3. The molecular weight excluding hydrogens is 220 g/mol. The summed E-state index contributed by atoms with van der Waals surface area (Å²) in [6, 6.07) is 0. The number of rotatable bonds is 5. The van der Waals surface area contributed by atoms with Crippen LogP contribution in [0.15, 0.2) is 0 Å². The van der Waals surface area contributed by atoms with E-state index in [1.807, 2.05) is 0 Å². The normalized spacial score (nSPS) is 13.5. The molecule has 0 aliphatic heterocycles. The number of esters is 3. The Hall–Kier alpha value is -1.63. The van der Waals surface area contributed by atoms with E-state index in [0.29, 0.717) is 0 Å². The Bertz CT molecular complexity index is 271. The second-order valence-corrected chi connectivity index (χ2v) is 2.94. The highest BCUT2D eigenvalue weighted by atomic mass is 16.6. The molecule has 0 aromatic carbocycles. The molecule has 7 nitrogen and oxygen atoms in total. The van der Waals surface area contributed by atoms with Crippen molar-refractivity contribution in [2.24, 2.45) is 0 Å². The highest BCUT2D eigenvalue weighted by Gasteiger charge is 2.22. The van der Waals surface area contributed by atoms with E-state index in [4.69, 9.17) is 5.11 Å². The van der Waals surface area contributed by atoms with Crippen LogP contribution in [0.5, 0.6) is 0 Å². The summed E-state index contributed by atoms with van der Waals surface area (Å²) in [6.45, 7) is 1.92. The molecule has 0 spiro atoms. The minimum Gasteiger partial charge on any atom is -0.466 e. The van der Waals surface area contributed by atoms with Crippen molar-refractivity contribution in [3.8, 4) is 0 Å². The summed E-state index contributed by atoms with van der Waals surface area (Å²) in [5.41, 5.74) is 0. The van der Waals surface area contributed by atoms with E-state index in [9.17, 15) is 14.4 Å². The predicted molar refractivity (Wildman–Crippen MR) is 50.2 cm³/mol. The summed E-state index contributed by atoms with van der Waals surface area (Å²) in [5, 5.41) is 8.81. The standard InChI is InChI=1S/C9H14O7/c1-5(10)8(12)16-6(2)9(13)15-4-7(11)14-3/h5-6,10H,4H2,1-3H3. The monoisotopic (exact) mass is 234 g/mol. The number of hydrogen-bond donors (Lipinski definition) is 1. The van der Waals surface area contributed by atoms with Crippen molar-refractivity contribution in [2.75, 3.05) is 13.7 Å². The van der Waals surface area contributed by atoms with Crippen molar-refractivity contribution in [1.29, 1.82) is 0 Å². The van der Waals surface area contributed by atoms with Gasteiger partial charge in [0.15, 0.2) is 12.7 Å². The highest BCUT2D eigenvalue weighted by Crippen LogP contribution is 1.98. The van der Waals surface area contributed by atoms with Crippen LogP contribution in [-0.4, -0.2) is 48.9 Å². The lowest BCUT2D eigenvalue weighted by Gasteiger charge is -2.13. The van der Waals surface area contributed by atoms with Crippen LogP contribution in [-0.2, 0) is 28.6 Å². The van der Waals surface area contributed by atoms with Gasteiger partial charge in [-0.25, -0.2) is 14.4 Å². The number of methoxy groups -OCH3 is 1. The third-order valence-corrected chi connectivity index (χ3v) is 1.53. The lowest BCUT2D eigenvalue weighted by molar-refractivity contribution is -0.173. The average molecular weight is 234 g/mol. The first kappa shape index (κ1) is 14.4. The summed E-state index contributed by atoms with van der Waals surface area (Å²) >= 11 is 0. The fourth-order valence-corrected chi connectivity index (χ4v) is 0.627. The molecule has 0 bridgehead atoms. The van der Waals surface area contributed by atoms with E-state index in [2.05, 4.69) is 14.2 Å². The van der Waals surface area contributed by atoms with Gasteiger partial charge >= 0.3 is 17.9 Å². The van der Waals surface area contributed by atoms with Crippen molar-refractivity contribution in [3.05, 3.63) is 0 Å². The van der Waals surface area contributed by atoms with Gasteiger partial charge in [0.25, 0.3) is 0 Å². The smallest absolute Gasteiger partial charge is 0.347 e. The van der Waals surface area contributed by atoms with Crippen molar-refractivity contribution >= 4 is 17.9 Å². The quantitative estimate of drug-likeness (QED) is 0.481. The van der Waals surface area contributed by atoms with Crippen LogP contribution in [0.2, 0.25) is 0 Å². The number of aliphatic hydroxyl groups excluding tert-OH is 1. The van der Waals surface area contributed by atoms with Gasteiger partial charge in [0.1, 0.15) is 6.10 Å². The lowest BCUT2D eigenvalue weighted by Crippen LogP contribution is -2.31. The molecule has 92 valence electrons. The van der Waals surface area contributed by atoms with Gasteiger partial charge in [-0.15, -0.1) is 0 Å². The summed E-state index contributed by atoms with van der Waals surface area (Å²) in [4.78, 5) is 32.6. The molecular formula is C9H14O7. The Kier molecular flexibility index (Phi) is 6.09. The van der Waals surface area contributed by atoms with Crippen molar-refractivity contribution in [1.82, 2.24) is 0 Å². The molecule has 0 saturated carbocycles. The zero-order valence-corrected chi connectivity index (χ0v) is 9.26. The number of carbonyl (C=O) groups is 3. The zero-order valence-electron chi connectivity index (χ0n) is 9.26. The first-order chi connectivity index (χ1) is 7.38. The predicted octanol–water partition coefficient (Wildman–Crippen LogP) is -0.985. The van der Waals surface area contributed by atoms with Crippen molar-refractivity contribution in [2.45, 2.75) is 26.1 Å². The van der Waals surface area contributed by atoms with Crippen LogP contribution in [0.25, 0.3) is 0 Å². The van der Waals surface area contributed by atoms with Crippen molar-refractivity contribution in [3.63, 3.8) is 0 Å². The van der Waals surface area contributed by atoms with E-state index in [1.165, 1.54) is 13.8 Å². The number of aliphatic hydroxyl groups is 1. The van der Waals surface area contributed by atoms with Gasteiger partial charge in [-0.05, 0) is 13.8 Å². The fraction of sp³-hybridized carbons (Fsp3) is 0.667. The second kappa shape index (κ2) is 6.78. The first-order valence-electron chi connectivity index (χ1n) is 4.50. The van der Waals surface area contributed by atoms with Gasteiger partial charge < -0.3 is 19.3 Å². The Morgan fingerprint density at radius 2 is 1.75 bits per heavy atom. The van der Waals surface area contributed by atoms with Crippen LogP contribution in [0, 0.1) is 0 Å². The summed E-state index contributed by atoms with van der Waals surface area (Å²) in [5.74, 6) is -2.55. The average Bonchev–Trinajstić information content (AvgIpc) is 2.24. The van der Waals surface area contributed by atoms with E-state index < -0.39 is 36.7 Å². The summed E-state index contributed by atoms with van der Waals surface area (Å²) in [7, 11) is 1.15. The Morgan fingerprint density at radius 3 is 2.19 bits per heavy atom. The third-order valence-electron chi connectivity index (χ3n) is 1.53. The van der Waals surface area contributed by atoms with Crippen LogP contribution in [0.4, 0.5) is 0 Å². The minimum atomic E-state index is -1.32. The molecule has 0 aromatic rings. The first-order valence-corrected chi connectivity index (χ1v) is 4.50. The topological polar surface area (TPSA) is 99.1 Å². The molecule has 16 heavy (non-hydrogen) atoms. The molecule has 2 unspecified atom stereocenters. The summed E-state index contributed by atoms with van der Waals surface area (Å²) < 4.78 is 13.2. The molecule has 0 aromatic heterocycles. The molecule has 0 rings (SSSR count). The van der Waals surface area contributed by atoms with E-state index in [0.717, 1.165) is 7.11 Å². The summed E-state index contributed by atoms with van der Waals surface area (Å²) in [6.07, 6.45) is -2.51. The molecule has 7 heteroatoms. The molecule has 0 amide bonds. The molecule has 0 fully saturated rings. The van der Waals surface area contributed by atoms with Crippen LogP contribution >= 0.6 is 0 Å². The SMILES string of the molecule is COC(=O)COC(=O)C(C)OC(=O)C(C)O. The Balaban J connectivity index is 4.00. The second-order valence-electron chi connectivity index (χ2n) is 2.94. The van der Waals surface area contributed by atoms with Crippen molar-refractivity contribution < 1.29 is 33.7 Å². The maximum Gasteiger partial charge on any atom is 0.347 e. The Labute approximate surface area is 92.3 Å². The fourth-order valence-electron chi connectivity index (χ4n) is 0.627. The zero-order chi connectivity index (χ0) is 12.7. The van der Waals surface area contributed by atoms with Gasteiger partial charge in [-0.2, -0.15) is 0 Å². The van der Waals surface area contributed by atoms with E-state index >= 15 is 0 Å². The molecule has 0 heterocycles. The molecule has 0 radical (unpaired) electrons. The number of hydrogen-bond acceptors (Lipinski definition) is 7. The molecule has 0 aliphatic carbocycles. The van der Waals surface area contributed by atoms with Gasteiger partial charge in [-0.1, -0.05) is 0 Å². The van der Waals surface area contributed by atoms with Gasteiger partial charge in [0.05, 0.1) is 7.11 Å². The van der Waals surface area contributed by atoms with E-state index in [1.54, 1.807) is 0 Å². The molecule has 0 aliphatic rings. The highest BCUT2D eigenvalue weighted by molar-refractivity contribution is 5.82. The van der Waals surface area contributed by atoms with Gasteiger partial charge in [-0.3, -0.25) is 0 Å². The maximum atomic E-state index is 11.1. The largest absolute Gasteiger partial charge is 0.466 e. The lowest BCUT2D eigenvalue weighted by atomic mass is 10.4. The van der Waals surface area contributed by atoms with Gasteiger partial charge in [0.2, 0.25) is 0 Å². The third kappa shape index (κ3) is 5.30. The van der Waals surface area contributed by atoms with E-state index in [-0.39, 0.29) is 0 Å². The molecule has 0 saturated heterocycles. The van der Waals surface area contributed by atoms with Crippen LogP contribution in [0.1, 0.15) is 13.8 Å². The van der Waals surface area contributed by atoms with Crippen LogP contribution in [0.3, 0.4) is 0 Å². The minimum absolute atomic E-state index is 0.550. The number of ether oxygens (including phenoxy) is 3. The van der Waals surface area contributed by atoms with Gasteiger partial charge in [0, 0.05) is 0 Å².